The van der Waals surface area contributed by atoms with E-state index in [0.29, 0.717) is 12.3 Å². The van der Waals surface area contributed by atoms with Gasteiger partial charge in [-0.3, -0.25) is 4.79 Å². The molecule has 1 rings (SSSR count). The van der Waals surface area contributed by atoms with Gasteiger partial charge >= 0.3 is 0 Å². The van der Waals surface area contributed by atoms with E-state index in [9.17, 15) is 13.2 Å². The van der Waals surface area contributed by atoms with Crippen LogP contribution in [0.25, 0.3) is 0 Å². The van der Waals surface area contributed by atoms with E-state index in [1.165, 1.54) is 6.26 Å². The highest BCUT2D eigenvalue weighted by atomic mass is 32.2. The number of sulfone groups is 1. The third kappa shape index (κ3) is 4.94. The molecule has 1 saturated heterocycles. The van der Waals surface area contributed by atoms with E-state index in [4.69, 9.17) is 5.73 Å². The molecular weight excluding hydrogens is 228 g/mol. The lowest BCUT2D eigenvalue weighted by atomic mass is 9.89. The van der Waals surface area contributed by atoms with Crippen LogP contribution in [0.1, 0.15) is 25.7 Å². The molecule has 1 aliphatic heterocycles. The fourth-order valence-electron chi connectivity index (χ4n) is 2.11. The van der Waals surface area contributed by atoms with Crippen molar-refractivity contribution in [3.05, 3.63) is 0 Å². The SMILES string of the molecule is CS(=O)(=O)CCCC1CCNC(C(N)=O)C1. The first kappa shape index (κ1) is 13.4. The van der Waals surface area contributed by atoms with Gasteiger partial charge in [-0.1, -0.05) is 0 Å². The summed E-state index contributed by atoms with van der Waals surface area (Å²) in [4.78, 5) is 11.0. The summed E-state index contributed by atoms with van der Waals surface area (Å²) in [6.07, 6.45) is 4.52. The Morgan fingerprint density at radius 1 is 1.50 bits per heavy atom. The summed E-state index contributed by atoms with van der Waals surface area (Å²) in [5.41, 5.74) is 5.23. The Labute approximate surface area is 96.7 Å². The molecule has 2 unspecified atom stereocenters. The second kappa shape index (κ2) is 5.63. The largest absolute Gasteiger partial charge is 0.368 e. The molecule has 0 aromatic rings. The first-order valence-corrected chi connectivity index (χ1v) is 7.65. The average molecular weight is 248 g/mol. The van der Waals surface area contributed by atoms with Gasteiger partial charge in [0.25, 0.3) is 0 Å². The highest BCUT2D eigenvalue weighted by Gasteiger charge is 2.24. The Hall–Kier alpha value is -0.620. The molecule has 5 nitrogen and oxygen atoms in total. The van der Waals surface area contributed by atoms with E-state index in [2.05, 4.69) is 5.32 Å². The molecule has 0 spiro atoms. The minimum absolute atomic E-state index is 0.234. The third-order valence-corrected chi connectivity index (χ3v) is 4.01. The first-order valence-electron chi connectivity index (χ1n) is 5.59. The van der Waals surface area contributed by atoms with Crippen molar-refractivity contribution in [1.29, 1.82) is 0 Å². The lowest BCUT2D eigenvalue weighted by Crippen LogP contribution is -2.46. The number of nitrogens with two attached hydrogens (primary N) is 1. The maximum atomic E-state index is 11.0. The Morgan fingerprint density at radius 2 is 2.19 bits per heavy atom. The topological polar surface area (TPSA) is 89.3 Å². The summed E-state index contributed by atoms with van der Waals surface area (Å²) < 4.78 is 21.9. The van der Waals surface area contributed by atoms with Gasteiger partial charge in [-0.2, -0.15) is 0 Å². The fourth-order valence-corrected chi connectivity index (χ4v) is 2.80. The van der Waals surface area contributed by atoms with Gasteiger partial charge in [0, 0.05) is 12.0 Å². The van der Waals surface area contributed by atoms with Crippen LogP contribution in [0, 0.1) is 5.92 Å². The Kier molecular flexibility index (Phi) is 4.73. The highest BCUT2D eigenvalue weighted by Crippen LogP contribution is 2.21. The summed E-state index contributed by atoms with van der Waals surface area (Å²) in [6, 6.07) is -0.239. The molecule has 3 N–H and O–H groups in total. The van der Waals surface area contributed by atoms with Gasteiger partial charge in [0.05, 0.1) is 6.04 Å². The molecule has 0 aliphatic carbocycles. The van der Waals surface area contributed by atoms with Crippen molar-refractivity contribution in [1.82, 2.24) is 5.32 Å². The van der Waals surface area contributed by atoms with E-state index in [0.717, 1.165) is 25.8 Å². The van der Waals surface area contributed by atoms with Gasteiger partial charge < -0.3 is 11.1 Å². The zero-order valence-electron chi connectivity index (χ0n) is 9.61. The van der Waals surface area contributed by atoms with Crippen LogP contribution in [-0.4, -0.2) is 38.9 Å². The molecule has 2 atom stereocenters. The number of carbonyl (C=O) groups excluding carboxylic acids is 1. The van der Waals surface area contributed by atoms with E-state index in [1.807, 2.05) is 0 Å². The first-order chi connectivity index (χ1) is 7.38. The second-order valence-electron chi connectivity index (χ2n) is 4.57. The van der Waals surface area contributed by atoms with Crippen molar-refractivity contribution in [2.45, 2.75) is 31.7 Å². The predicted molar refractivity (Wildman–Crippen MR) is 62.7 cm³/mol. The van der Waals surface area contributed by atoms with Gasteiger partial charge in [-0.05, 0) is 38.1 Å². The summed E-state index contributed by atoms with van der Waals surface area (Å²) in [7, 11) is -2.86. The molecule has 16 heavy (non-hydrogen) atoms. The van der Waals surface area contributed by atoms with E-state index in [1.54, 1.807) is 0 Å². The summed E-state index contributed by atoms with van der Waals surface area (Å²) in [5.74, 6) is 0.339. The predicted octanol–water partition coefficient (Wildman–Crippen LogP) is -0.335. The van der Waals surface area contributed by atoms with Crippen molar-refractivity contribution in [2.24, 2.45) is 11.7 Å². The zero-order valence-corrected chi connectivity index (χ0v) is 10.4. The molecule has 0 aromatic carbocycles. The monoisotopic (exact) mass is 248 g/mol. The molecule has 1 amide bonds. The van der Waals surface area contributed by atoms with Crippen molar-refractivity contribution < 1.29 is 13.2 Å². The van der Waals surface area contributed by atoms with Crippen molar-refractivity contribution in [2.75, 3.05) is 18.6 Å². The standard InChI is InChI=1S/C10H20N2O3S/c1-16(14,15)6-2-3-8-4-5-12-9(7-8)10(11)13/h8-9,12H,2-7H2,1H3,(H2,11,13). The van der Waals surface area contributed by atoms with Crippen LogP contribution < -0.4 is 11.1 Å². The molecule has 0 saturated carbocycles. The highest BCUT2D eigenvalue weighted by molar-refractivity contribution is 7.90. The number of amides is 1. The Balaban J connectivity index is 2.30. The molecule has 0 aromatic heterocycles. The van der Waals surface area contributed by atoms with Crippen LogP contribution in [-0.2, 0) is 14.6 Å². The minimum Gasteiger partial charge on any atom is -0.368 e. The maximum absolute atomic E-state index is 11.0. The van der Waals surface area contributed by atoms with Crippen LogP contribution in [0.2, 0.25) is 0 Å². The molecule has 0 bridgehead atoms. The number of carbonyl (C=O) groups is 1. The molecule has 1 fully saturated rings. The van der Waals surface area contributed by atoms with Gasteiger partial charge in [-0.15, -0.1) is 0 Å². The average Bonchev–Trinajstić information content (AvgIpc) is 2.16. The van der Waals surface area contributed by atoms with Gasteiger partial charge in [0.2, 0.25) is 5.91 Å². The lowest BCUT2D eigenvalue weighted by Gasteiger charge is -2.28. The number of hydrogen-bond donors (Lipinski definition) is 2. The summed E-state index contributed by atoms with van der Waals surface area (Å²) >= 11 is 0. The Morgan fingerprint density at radius 3 is 2.75 bits per heavy atom. The minimum atomic E-state index is -2.86. The van der Waals surface area contributed by atoms with Crippen LogP contribution >= 0.6 is 0 Å². The normalized spacial score (nSPS) is 26.6. The smallest absolute Gasteiger partial charge is 0.234 e. The molecular formula is C10H20N2O3S. The van der Waals surface area contributed by atoms with Crippen molar-refractivity contribution >= 4 is 15.7 Å². The van der Waals surface area contributed by atoms with E-state index >= 15 is 0 Å². The number of nitrogens with one attached hydrogen (secondary N) is 1. The van der Waals surface area contributed by atoms with Gasteiger partial charge in [-0.25, -0.2) is 8.42 Å². The Bertz CT molecular complexity index is 340. The summed E-state index contributed by atoms with van der Waals surface area (Å²) in [6.45, 7) is 0.789. The summed E-state index contributed by atoms with van der Waals surface area (Å²) in [5, 5.41) is 3.06. The molecule has 1 heterocycles. The third-order valence-electron chi connectivity index (χ3n) is 2.98. The fraction of sp³-hybridized carbons (Fsp3) is 0.900. The molecule has 94 valence electrons. The van der Waals surface area contributed by atoms with Crippen LogP contribution in [0.4, 0.5) is 0 Å². The maximum Gasteiger partial charge on any atom is 0.234 e. The van der Waals surface area contributed by atoms with Gasteiger partial charge in [0.1, 0.15) is 9.84 Å². The van der Waals surface area contributed by atoms with Gasteiger partial charge in [0.15, 0.2) is 0 Å². The molecule has 1 aliphatic rings. The second-order valence-corrected chi connectivity index (χ2v) is 6.83. The van der Waals surface area contributed by atoms with Crippen molar-refractivity contribution in [3.8, 4) is 0 Å². The number of hydrogen-bond acceptors (Lipinski definition) is 4. The number of piperidine rings is 1. The van der Waals surface area contributed by atoms with Crippen molar-refractivity contribution in [3.63, 3.8) is 0 Å². The lowest BCUT2D eigenvalue weighted by molar-refractivity contribution is -0.120. The number of rotatable bonds is 5. The molecule has 0 radical (unpaired) electrons. The quantitative estimate of drug-likeness (QED) is 0.697. The van der Waals surface area contributed by atoms with E-state index in [-0.39, 0.29) is 17.7 Å². The van der Waals surface area contributed by atoms with Crippen LogP contribution in [0.3, 0.4) is 0 Å². The number of primary amides is 1. The van der Waals surface area contributed by atoms with Crippen LogP contribution in [0.5, 0.6) is 0 Å². The van der Waals surface area contributed by atoms with Crippen LogP contribution in [0.15, 0.2) is 0 Å². The molecule has 6 heteroatoms. The van der Waals surface area contributed by atoms with E-state index < -0.39 is 9.84 Å². The zero-order chi connectivity index (χ0) is 12.2.